The highest BCUT2D eigenvalue weighted by Gasteiger charge is 2.50. The number of pyridine rings is 1. The number of aromatic amines is 1. The van der Waals surface area contributed by atoms with Crippen molar-refractivity contribution in [3.05, 3.63) is 106 Å². The van der Waals surface area contributed by atoms with E-state index in [0.717, 1.165) is 68.9 Å². The van der Waals surface area contributed by atoms with Crippen molar-refractivity contribution in [2.45, 2.75) is 87.7 Å². The Balaban J connectivity index is 0.884. The molecule has 5 aromatic rings. The van der Waals surface area contributed by atoms with Crippen LogP contribution < -0.4 is 30.3 Å². The van der Waals surface area contributed by atoms with Crippen LogP contribution in [-0.4, -0.2) is 92.7 Å². The number of rotatable bonds is 12. The van der Waals surface area contributed by atoms with Gasteiger partial charge in [0.25, 0.3) is 21.6 Å². The molecule has 1 saturated carbocycles. The molecule has 16 nitrogen and oxygen atoms in total. The minimum Gasteiger partial charge on any atom is -0.474 e. The minimum atomic E-state index is -4.55. The van der Waals surface area contributed by atoms with Crippen LogP contribution in [0.1, 0.15) is 92.7 Å². The van der Waals surface area contributed by atoms with Crippen molar-refractivity contribution in [2.24, 2.45) is 17.1 Å². The van der Waals surface area contributed by atoms with Crippen molar-refractivity contribution in [1.82, 2.24) is 19.6 Å². The number of sulfonamides is 1. The molecule has 0 unspecified atom stereocenters. The predicted molar refractivity (Wildman–Crippen MR) is 254 cm³/mol. The number of fused-ring (bicyclic) bond motifs is 2. The number of likely N-dealkylation sites (tertiary alicyclic amines) is 1. The fraction of sp³-hybridized carbons (Fsp3) is 0.469. The average Bonchev–Trinajstić information content (AvgIpc) is 3.99. The van der Waals surface area contributed by atoms with Gasteiger partial charge >= 0.3 is 0 Å². The summed E-state index contributed by atoms with van der Waals surface area (Å²) in [6.45, 7) is 9.42. The molecular weight excluding hydrogens is 859 g/mol. The molecule has 3 saturated heterocycles. The summed E-state index contributed by atoms with van der Waals surface area (Å²) in [5, 5.41) is 16.2. The largest absolute Gasteiger partial charge is 0.474 e. The fourth-order valence-electron chi connectivity index (χ4n) is 11.2. The number of nitrogens with one attached hydrogen (secondary N) is 3. The molecule has 1 spiro atoms. The molecule has 4 aliphatic heterocycles. The van der Waals surface area contributed by atoms with E-state index < -0.39 is 37.0 Å². The van der Waals surface area contributed by atoms with Gasteiger partial charge in [-0.1, -0.05) is 24.3 Å². The number of aromatic nitrogens is 2. The molecule has 17 heteroatoms. The summed E-state index contributed by atoms with van der Waals surface area (Å²) < 4.78 is 41.5. The third-order valence-electron chi connectivity index (χ3n) is 14.8. The maximum atomic E-state index is 14.3. The molecule has 0 radical (unpaired) electrons. The Bertz CT molecular complexity index is 2750. The molecule has 348 valence electrons. The van der Waals surface area contributed by atoms with E-state index in [1.165, 1.54) is 42.5 Å². The number of amides is 1. The number of nitrogens with zero attached hydrogens (tertiary/aromatic N) is 5. The summed E-state index contributed by atoms with van der Waals surface area (Å²) in [6.07, 6.45) is 10.3. The SMILES string of the molecule is CC(C)(N)c1ccccc1[C@@H]1CCCN1C1CC2(CCN(c3ccc(C(=O)NS(=O)(=O)c4ccc(NCC5CCOCC5)c([N+](=O)[O-])c4)c(N4CCOc5nc6[nH]ccc6cc54)c3)CC2)C1. The van der Waals surface area contributed by atoms with Crippen molar-refractivity contribution >= 4 is 55.4 Å². The highest BCUT2D eigenvalue weighted by atomic mass is 32.2. The number of H-pyrrole nitrogens is 1. The van der Waals surface area contributed by atoms with Gasteiger partial charge in [-0.25, -0.2) is 13.1 Å². The molecular formula is C49H59N9O7S. The van der Waals surface area contributed by atoms with Crippen LogP contribution in [0.3, 0.4) is 0 Å². The lowest BCUT2D eigenvalue weighted by Crippen LogP contribution is -2.55. The second-order valence-corrected chi connectivity index (χ2v) is 21.2. The molecule has 2 aromatic heterocycles. The second kappa shape index (κ2) is 17.5. The Hall–Kier alpha value is -5.75. The molecule has 1 amide bonds. The van der Waals surface area contributed by atoms with E-state index in [-0.39, 0.29) is 29.2 Å². The smallest absolute Gasteiger partial charge is 0.293 e. The van der Waals surface area contributed by atoms with Crippen molar-refractivity contribution < 1.29 is 27.6 Å². The fourth-order valence-corrected chi connectivity index (χ4v) is 12.2. The van der Waals surface area contributed by atoms with E-state index in [9.17, 15) is 23.3 Å². The van der Waals surface area contributed by atoms with Gasteiger partial charge in [-0.3, -0.25) is 19.8 Å². The monoisotopic (exact) mass is 917 g/mol. The Labute approximate surface area is 385 Å². The average molecular weight is 918 g/mol. The Kier molecular flexibility index (Phi) is 11.7. The number of hydrogen-bond acceptors (Lipinski definition) is 13. The van der Waals surface area contributed by atoms with Gasteiger partial charge in [0.1, 0.15) is 23.6 Å². The zero-order chi connectivity index (χ0) is 45.8. The molecule has 1 atom stereocenters. The first-order chi connectivity index (χ1) is 31.7. The number of benzene rings is 3. The molecule has 0 bridgehead atoms. The maximum absolute atomic E-state index is 14.3. The number of anilines is 4. The first-order valence-corrected chi connectivity index (χ1v) is 24.8. The molecule has 10 rings (SSSR count). The van der Waals surface area contributed by atoms with Gasteiger partial charge in [0, 0.05) is 73.8 Å². The molecule has 6 heterocycles. The standard InChI is InChI=1S/C49H59N9O7S/c1-48(2,50)39-7-4-3-6-37(39)41-8-5-19-56(41)35-29-49(30-35)16-20-55(21-17-49)34-9-11-38(42(27-34)57-22-25-65-47-44(57)26-33-13-18-51-45(33)53-47)46(59)54-66(62,63)36-10-12-40(43(28-36)58(60)61)52-31-32-14-23-64-24-15-32/h3-4,6-7,9-13,18,26-28,32,35,41,52H,5,8,14-17,19-25,29-31,50H2,1-2H3,(H,51,53)(H,54,59)/t41-/m0/s1. The second-order valence-electron chi connectivity index (χ2n) is 19.5. The molecule has 4 fully saturated rings. The molecule has 5 aliphatic rings. The van der Waals surface area contributed by atoms with Gasteiger partial charge < -0.3 is 35.3 Å². The third-order valence-corrected chi connectivity index (χ3v) is 16.1. The van der Waals surface area contributed by atoms with Crippen molar-refractivity contribution in [3.8, 4) is 5.88 Å². The lowest BCUT2D eigenvalue weighted by Gasteiger charge is -2.56. The summed E-state index contributed by atoms with van der Waals surface area (Å²) in [7, 11) is -4.55. The Morgan fingerprint density at radius 2 is 1.76 bits per heavy atom. The van der Waals surface area contributed by atoms with Crippen molar-refractivity contribution in [2.75, 3.05) is 67.7 Å². The maximum Gasteiger partial charge on any atom is 0.293 e. The van der Waals surface area contributed by atoms with Crippen LogP contribution in [-0.2, 0) is 20.3 Å². The number of nitro groups is 1. The predicted octanol–water partition coefficient (Wildman–Crippen LogP) is 7.74. The Morgan fingerprint density at radius 3 is 2.53 bits per heavy atom. The number of piperidine rings is 1. The zero-order valence-electron chi connectivity index (χ0n) is 37.6. The van der Waals surface area contributed by atoms with Crippen LogP contribution in [0, 0.1) is 21.4 Å². The summed E-state index contributed by atoms with van der Waals surface area (Å²) >= 11 is 0. The normalized spacial score (nSPS) is 20.5. The number of carbonyl (C=O) groups is 1. The van der Waals surface area contributed by atoms with E-state index in [4.69, 9.17) is 20.2 Å². The van der Waals surface area contributed by atoms with E-state index in [1.54, 1.807) is 12.3 Å². The lowest BCUT2D eigenvalue weighted by atomic mass is 9.59. The van der Waals surface area contributed by atoms with Gasteiger partial charge in [-0.15, -0.1) is 0 Å². The van der Waals surface area contributed by atoms with E-state index >= 15 is 0 Å². The topological polar surface area (TPSA) is 201 Å². The van der Waals surface area contributed by atoms with Gasteiger partial charge in [-0.05, 0) is 137 Å². The molecule has 3 aromatic carbocycles. The third kappa shape index (κ3) is 8.57. The number of carbonyl (C=O) groups excluding carboxylic acids is 1. The van der Waals surface area contributed by atoms with Gasteiger partial charge in [0.2, 0.25) is 5.88 Å². The minimum absolute atomic E-state index is 0.128. The summed E-state index contributed by atoms with van der Waals surface area (Å²) in [5.41, 5.74) is 11.8. The van der Waals surface area contributed by atoms with E-state index in [0.29, 0.717) is 61.3 Å². The highest BCUT2D eigenvalue weighted by molar-refractivity contribution is 7.90. The molecule has 1 aliphatic carbocycles. The van der Waals surface area contributed by atoms with Crippen LogP contribution in [0.25, 0.3) is 11.0 Å². The van der Waals surface area contributed by atoms with Crippen LogP contribution in [0.5, 0.6) is 5.88 Å². The molecule has 66 heavy (non-hydrogen) atoms. The van der Waals surface area contributed by atoms with Gasteiger partial charge in [-0.2, -0.15) is 4.98 Å². The zero-order valence-corrected chi connectivity index (χ0v) is 38.4. The molecule has 5 N–H and O–H groups in total. The number of hydrogen-bond donors (Lipinski definition) is 4. The quantitative estimate of drug-likeness (QED) is 0.0700. The summed E-state index contributed by atoms with van der Waals surface area (Å²) in [4.78, 5) is 40.4. The number of nitro benzene ring substituents is 1. The van der Waals surface area contributed by atoms with Crippen LogP contribution in [0.4, 0.5) is 28.4 Å². The number of ether oxygens (including phenoxy) is 2. The first-order valence-electron chi connectivity index (χ1n) is 23.3. The van der Waals surface area contributed by atoms with Crippen LogP contribution in [0.2, 0.25) is 0 Å². The van der Waals surface area contributed by atoms with Gasteiger partial charge in [0.05, 0.1) is 27.6 Å². The lowest BCUT2D eigenvalue weighted by molar-refractivity contribution is -0.384. The van der Waals surface area contributed by atoms with Crippen LogP contribution >= 0.6 is 0 Å². The summed E-state index contributed by atoms with van der Waals surface area (Å²) in [5.74, 6) is -0.186. The first kappa shape index (κ1) is 44.1. The van der Waals surface area contributed by atoms with Crippen molar-refractivity contribution in [1.29, 1.82) is 0 Å². The van der Waals surface area contributed by atoms with Crippen molar-refractivity contribution in [3.63, 3.8) is 0 Å². The van der Waals surface area contributed by atoms with E-state index in [2.05, 4.69) is 62.9 Å². The van der Waals surface area contributed by atoms with Gasteiger partial charge in [0.15, 0.2) is 0 Å². The van der Waals surface area contributed by atoms with E-state index in [1.807, 2.05) is 29.2 Å². The Morgan fingerprint density at radius 1 is 0.970 bits per heavy atom. The summed E-state index contributed by atoms with van der Waals surface area (Å²) in [6, 6.07) is 22.7. The number of nitrogens with two attached hydrogens (primary N) is 1. The highest BCUT2D eigenvalue weighted by Crippen LogP contribution is 2.54. The van der Waals surface area contributed by atoms with Crippen LogP contribution in [0.15, 0.2) is 83.9 Å².